The Kier molecular flexibility index (Phi) is 10.3. The van der Waals surface area contributed by atoms with Gasteiger partial charge < -0.3 is 24.8 Å². The maximum atomic E-state index is 13.2. The fourth-order valence-corrected chi connectivity index (χ4v) is 5.98. The number of hydrogen-bond acceptors (Lipinski definition) is 5. The minimum atomic E-state index is -0.707. The topological polar surface area (TPSA) is 85.9 Å². The van der Waals surface area contributed by atoms with E-state index < -0.39 is 29.9 Å². The minimum Gasteiger partial charge on any atom is -0.441 e. The smallest absolute Gasteiger partial charge is 0.408 e. The van der Waals surface area contributed by atoms with Gasteiger partial charge in [0.15, 0.2) is 0 Å². The lowest BCUT2D eigenvalue weighted by Gasteiger charge is -2.29. The van der Waals surface area contributed by atoms with Gasteiger partial charge in [-0.1, -0.05) is 96.5 Å². The minimum absolute atomic E-state index is 0.186. The molecule has 0 spiro atoms. The zero-order valence-electron chi connectivity index (χ0n) is 28.0. The molecule has 7 heteroatoms. The molecule has 0 radical (unpaired) electrons. The Labute approximate surface area is 288 Å². The van der Waals surface area contributed by atoms with E-state index in [1.54, 1.807) is 0 Å². The standard InChI is InChI=1S/C42H40N2O5/c1-29(24-25-43-40(45)48-38-26-34-16-6-4-12-30(34)20-22-32-14-8-10-18-36(32)38)47-28-42(2,3)44-41(46)49-39-27-35-17-7-5-13-31(35)21-23-33-15-9-11-19-37(33)39/h4-19,29,38-39H,24-28H2,1-3H3,(H,43,45)(H,44,46). The molecule has 0 saturated heterocycles. The molecule has 2 amide bonds. The third kappa shape index (κ3) is 8.70. The molecule has 248 valence electrons. The van der Waals surface area contributed by atoms with Crippen LogP contribution in [-0.2, 0) is 27.1 Å². The number of nitrogens with one attached hydrogen (secondary N) is 2. The first-order valence-electron chi connectivity index (χ1n) is 16.7. The summed E-state index contributed by atoms with van der Waals surface area (Å²) in [5.41, 5.74) is 6.71. The molecule has 0 heterocycles. The Morgan fingerprint density at radius 3 is 1.69 bits per heavy atom. The van der Waals surface area contributed by atoms with Crippen LogP contribution in [0.5, 0.6) is 0 Å². The van der Waals surface area contributed by atoms with E-state index >= 15 is 0 Å². The van der Waals surface area contributed by atoms with Crippen molar-refractivity contribution in [2.75, 3.05) is 13.2 Å². The molecule has 0 aliphatic heterocycles. The van der Waals surface area contributed by atoms with Gasteiger partial charge in [-0.2, -0.15) is 0 Å². The molecule has 0 aromatic heterocycles. The van der Waals surface area contributed by atoms with Crippen molar-refractivity contribution in [1.82, 2.24) is 10.6 Å². The molecule has 2 aliphatic carbocycles. The number of rotatable bonds is 9. The van der Waals surface area contributed by atoms with Crippen molar-refractivity contribution < 1.29 is 23.8 Å². The molecular weight excluding hydrogens is 612 g/mol. The van der Waals surface area contributed by atoms with Crippen molar-refractivity contribution in [3.05, 3.63) is 142 Å². The number of fused-ring (bicyclic) bond motifs is 4. The lowest BCUT2D eigenvalue weighted by Crippen LogP contribution is -2.48. The van der Waals surface area contributed by atoms with Crippen LogP contribution in [0.2, 0.25) is 0 Å². The van der Waals surface area contributed by atoms with Gasteiger partial charge in [-0.05, 0) is 62.6 Å². The van der Waals surface area contributed by atoms with Crippen molar-refractivity contribution in [3.63, 3.8) is 0 Å². The van der Waals surface area contributed by atoms with Gasteiger partial charge in [-0.25, -0.2) is 9.59 Å². The third-order valence-electron chi connectivity index (χ3n) is 8.61. The van der Waals surface area contributed by atoms with Gasteiger partial charge in [0.1, 0.15) is 12.2 Å². The highest BCUT2D eigenvalue weighted by atomic mass is 16.6. The summed E-state index contributed by atoms with van der Waals surface area (Å²) in [5, 5.41) is 5.85. The second kappa shape index (κ2) is 15.2. The van der Waals surface area contributed by atoms with Gasteiger partial charge in [0.05, 0.1) is 18.2 Å². The predicted octanol–water partition coefficient (Wildman–Crippen LogP) is 7.41. The fourth-order valence-electron chi connectivity index (χ4n) is 5.98. The van der Waals surface area contributed by atoms with Crippen molar-refractivity contribution in [2.24, 2.45) is 0 Å². The summed E-state index contributed by atoms with van der Waals surface area (Å²) in [7, 11) is 0. The van der Waals surface area contributed by atoms with Crippen LogP contribution in [0.3, 0.4) is 0 Å². The van der Waals surface area contributed by atoms with Crippen LogP contribution >= 0.6 is 0 Å². The van der Waals surface area contributed by atoms with Crippen molar-refractivity contribution >= 4 is 12.2 Å². The average molecular weight is 653 g/mol. The van der Waals surface area contributed by atoms with E-state index in [0.717, 1.165) is 44.5 Å². The Balaban J connectivity index is 0.980. The van der Waals surface area contributed by atoms with Gasteiger partial charge in [0.2, 0.25) is 0 Å². The molecule has 3 unspecified atom stereocenters. The summed E-state index contributed by atoms with van der Waals surface area (Å²) in [4.78, 5) is 26.1. The predicted molar refractivity (Wildman–Crippen MR) is 189 cm³/mol. The molecule has 2 N–H and O–H groups in total. The molecule has 0 bridgehead atoms. The average Bonchev–Trinajstić information content (AvgIpc) is 3.08. The first-order chi connectivity index (χ1) is 23.7. The number of amides is 2. The quantitative estimate of drug-likeness (QED) is 0.184. The zero-order valence-corrected chi connectivity index (χ0v) is 28.0. The van der Waals surface area contributed by atoms with Gasteiger partial charge in [0.25, 0.3) is 0 Å². The van der Waals surface area contributed by atoms with Crippen LogP contribution in [0.25, 0.3) is 0 Å². The zero-order chi connectivity index (χ0) is 34.2. The maximum absolute atomic E-state index is 13.2. The molecular formula is C42H40N2O5. The van der Waals surface area contributed by atoms with Gasteiger partial charge >= 0.3 is 12.2 Å². The maximum Gasteiger partial charge on any atom is 0.408 e. The molecule has 0 fully saturated rings. The molecule has 3 atom stereocenters. The molecule has 2 aliphatic rings. The first kappa shape index (κ1) is 33.4. The molecule has 0 saturated carbocycles. The lowest BCUT2D eigenvalue weighted by molar-refractivity contribution is 0.0190. The summed E-state index contributed by atoms with van der Waals surface area (Å²) < 4.78 is 18.1. The molecule has 4 aromatic carbocycles. The van der Waals surface area contributed by atoms with E-state index in [4.69, 9.17) is 14.2 Å². The van der Waals surface area contributed by atoms with Crippen LogP contribution in [0, 0.1) is 23.7 Å². The Bertz CT molecular complexity index is 1960. The molecule has 7 nitrogen and oxygen atoms in total. The summed E-state index contributed by atoms with van der Waals surface area (Å²) in [6, 6.07) is 31.4. The van der Waals surface area contributed by atoms with Gasteiger partial charge in [0, 0.05) is 52.8 Å². The summed E-state index contributed by atoms with van der Waals surface area (Å²) in [6.07, 6.45) is -0.550. The van der Waals surface area contributed by atoms with Crippen LogP contribution in [0.4, 0.5) is 9.59 Å². The van der Waals surface area contributed by atoms with Crippen LogP contribution in [0.1, 0.15) is 83.9 Å². The largest absolute Gasteiger partial charge is 0.441 e. The number of ether oxygens (including phenoxy) is 3. The summed E-state index contributed by atoms with van der Waals surface area (Å²) in [6.45, 7) is 6.33. The summed E-state index contributed by atoms with van der Waals surface area (Å²) >= 11 is 0. The highest BCUT2D eigenvalue weighted by Gasteiger charge is 2.28. The van der Waals surface area contributed by atoms with Crippen LogP contribution < -0.4 is 10.6 Å². The number of carbonyl (C=O) groups excluding carboxylic acids is 2. The Hall–Kier alpha value is -5.50. The van der Waals surface area contributed by atoms with Gasteiger partial charge in [-0.3, -0.25) is 0 Å². The number of hydrogen-bond donors (Lipinski definition) is 2. The Morgan fingerprint density at radius 1 is 0.694 bits per heavy atom. The number of carbonyl (C=O) groups is 2. The highest BCUT2D eigenvalue weighted by Crippen LogP contribution is 2.30. The fraction of sp³-hybridized carbons (Fsp3) is 0.286. The monoisotopic (exact) mass is 652 g/mol. The van der Waals surface area contributed by atoms with E-state index in [0.29, 0.717) is 25.8 Å². The molecule has 4 aromatic rings. The third-order valence-corrected chi connectivity index (χ3v) is 8.61. The SMILES string of the molecule is CC(CCNC(=O)OC1Cc2ccccc2C#Cc2ccccc21)OCC(C)(C)NC(=O)OC1Cc2ccccc2C#Cc2ccccc21. The normalized spacial score (nSPS) is 16.3. The molecule has 6 rings (SSSR count). The van der Waals surface area contributed by atoms with E-state index in [1.165, 1.54) is 0 Å². The molecule has 49 heavy (non-hydrogen) atoms. The van der Waals surface area contributed by atoms with Gasteiger partial charge in [-0.15, -0.1) is 0 Å². The second-order valence-corrected chi connectivity index (χ2v) is 13.0. The number of benzene rings is 4. The van der Waals surface area contributed by atoms with Crippen LogP contribution in [-0.4, -0.2) is 37.0 Å². The second-order valence-electron chi connectivity index (χ2n) is 13.0. The first-order valence-corrected chi connectivity index (χ1v) is 16.7. The van der Waals surface area contributed by atoms with E-state index in [-0.39, 0.29) is 12.7 Å². The van der Waals surface area contributed by atoms with Crippen molar-refractivity contribution in [1.29, 1.82) is 0 Å². The lowest BCUT2D eigenvalue weighted by atomic mass is 9.92. The van der Waals surface area contributed by atoms with E-state index in [9.17, 15) is 9.59 Å². The summed E-state index contributed by atoms with van der Waals surface area (Å²) in [5.74, 6) is 13.0. The van der Waals surface area contributed by atoms with Crippen LogP contribution in [0.15, 0.2) is 97.1 Å². The Morgan fingerprint density at radius 2 is 1.14 bits per heavy atom. The highest BCUT2D eigenvalue weighted by molar-refractivity contribution is 5.69. The van der Waals surface area contributed by atoms with E-state index in [2.05, 4.69) is 34.3 Å². The van der Waals surface area contributed by atoms with E-state index in [1.807, 2.05) is 118 Å². The number of alkyl carbamates (subject to hydrolysis) is 2. The van der Waals surface area contributed by atoms with Crippen molar-refractivity contribution in [3.8, 4) is 23.7 Å². The van der Waals surface area contributed by atoms with Crippen molar-refractivity contribution in [2.45, 2.75) is 63.9 Å².